The topological polar surface area (TPSA) is 121 Å². The van der Waals surface area contributed by atoms with Crippen molar-refractivity contribution in [1.82, 2.24) is 19.3 Å². The number of hydrogen-bond acceptors (Lipinski definition) is 7. The van der Waals surface area contributed by atoms with Crippen LogP contribution in [0.4, 0.5) is 5.82 Å². The smallest absolute Gasteiger partial charge is 0.240 e. The molecule has 36 heavy (non-hydrogen) atoms. The van der Waals surface area contributed by atoms with Gasteiger partial charge in [-0.15, -0.1) is 0 Å². The van der Waals surface area contributed by atoms with Crippen LogP contribution in [-0.4, -0.2) is 43.7 Å². The van der Waals surface area contributed by atoms with Crippen LogP contribution in [-0.2, 0) is 23.0 Å². The first-order valence-electron chi connectivity index (χ1n) is 12.1. The van der Waals surface area contributed by atoms with E-state index in [1.807, 2.05) is 24.3 Å². The molecule has 4 rings (SSSR count). The normalized spacial score (nSPS) is 11.9. The molecule has 0 bridgehead atoms. The van der Waals surface area contributed by atoms with Gasteiger partial charge in [-0.1, -0.05) is 31.5 Å². The van der Waals surface area contributed by atoms with Crippen molar-refractivity contribution in [3.05, 3.63) is 48.3 Å². The van der Waals surface area contributed by atoms with Crippen molar-refractivity contribution in [2.45, 2.75) is 50.5 Å². The molecule has 2 heterocycles. The maximum atomic E-state index is 12.8. The Kier molecular flexibility index (Phi) is 7.95. The van der Waals surface area contributed by atoms with Crippen molar-refractivity contribution in [2.24, 2.45) is 0 Å². The third-order valence-corrected chi connectivity index (χ3v) is 7.67. The fourth-order valence-electron chi connectivity index (χ4n) is 4.34. The molecule has 0 fully saturated rings. The zero-order valence-electron chi connectivity index (χ0n) is 21.0. The summed E-state index contributed by atoms with van der Waals surface area (Å²) in [5, 5.41) is 1.02. The zero-order chi connectivity index (χ0) is 25.7. The Morgan fingerprint density at radius 2 is 1.78 bits per heavy atom. The van der Waals surface area contributed by atoms with Crippen LogP contribution in [0.5, 0.6) is 11.5 Å². The summed E-state index contributed by atoms with van der Waals surface area (Å²) in [6.07, 6.45) is 4.38. The summed E-state index contributed by atoms with van der Waals surface area (Å²) in [4.78, 5) is 9.52. The van der Waals surface area contributed by atoms with Gasteiger partial charge in [0.05, 0.1) is 30.1 Å². The van der Waals surface area contributed by atoms with Crippen LogP contribution in [0.3, 0.4) is 0 Å². The number of pyridine rings is 1. The highest BCUT2D eigenvalue weighted by atomic mass is 32.2. The molecule has 0 amide bonds. The summed E-state index contributed by atoms with van der Waals surface area (Å²) < 4.78 is 40.9. The number of hydrogen-bond donors (Lipinski definition) is 2. The standard InChI is InChI=1S/C26H33N5O4S/c1-4-5-12-23-30-24-25(19-10-6-7-11-20(19)29-26(24)27)31(23)16-9-8-15-28-36(32,33)18-13-14-21(34-2)22(17-18)35-3/h6-7,10-11,13-14,17,28H,4-5,8-9,12,15-16H2,1-3H3,(H2,27,29). The van der Waals surface area contributed by atoms with E-state index in [-0.39, 0.29) is 4.90 Å². The maximum absolute atomic E-state index is 12.8. The van der Waals surface area contributed by atoms with Gasteiger partial charge in [0, 0.05) is 31.0 Å². The predicted octanol–water partition coefficient (Wildman–Crippen LogP) is 4.29. The predicted molar refractivity (Wildman–Crippen MR) is 142 cm³/mol. The van der Waals surface area contributed by atoms with Crippen LogP contribution in [0.1, 0.15) is 38.4 Å². The third kappa shape index (κ3) is 5.24. The van der Waals surface area contributed by atoms with Crippen molar-refractivity contribution >= 4 is 37.8 Å². The van der Waals surface area contributed by atoms with Crippen molar-refractivity contribution in [3.63, 3.8) is 0 Å². The van der Waals surface area contributed by atoms with Gasteiger partial charge in [0.2, 0.25) is 10.0 Å². The number of anilines is 1. The number of imidazole rings is 1. The summed E-state index contributed by atoms with van der Waals surface area (Å²) in [5.41, 5.74) is 8.84. The number of nitrogen functional groups attached to an aromatic ring is 1. The van der Waals surface area contributed by atoms with E-state index in [2.05, 4.69) is 21.2 Å². The summed E-state index contributed by atoms with van der Waals surface area (Å²) in [7, 11) is -0.687. The van der Waals surface area contributed by atoms with E-state index >= 15 is 0 Å². The van der Waals surface area contributed by atoms with E-state index in [1.54, 1.807) is 6.07 Å². The number of rotatable bonds is 12. The molecule has 0 saturated heterocycles. The highest BCUT2D eigenvalue weighted by Crippen LogP contribution is 2.30. The lowest BCUT2D eigenvalue weighted by atomic mass is 10.2. The fraction of sp³-hybridized carbons (Fsp3) is 0.385. The number of ether oxygens (including phenoxy) is 2. The number of nitrogens with one attached hydrogen (secondary N) is 1. The molecular formula is C26H33N5O4S. The fourth-order valence-corrected chi connectivity index (χ4v) is 5.43. The molecule has 9 nitrogen and oxygen atoms in total. The number of benzene rings is 2. The van der Waals surface area contributed by atoms with Gasteiger partial charge in [-0.3, -0.25) is 0 Å². The van der Waals surface area contributed by atoms with Crippen LogP contribution >= 0.6 is 0 Å². The Bertz CT molecular complexity index is 1470. The summed E-state index contributed by atoms with van der Waals surface area (Å²) in [5.74, 6) is 2.27. The second kappa shape index (κ2) is 11.1. The van der Waals surface area contributed by atoms with Crippen LogP contribution in [0.25, 0.3) is 21.9 Å². The first-order chi connectivity index (χ1) is 17.4. The molecular weight excluding hydrogens is 478 g/mol. The second-order valence-electron chi connectivity index (χ2n) is 8.62. The Balaban J connectivity index is 1.49. The molecule has 2 aromatic heterocycles. The van der Waals surface area contributed by atoms with Crippen LogP contribution in [0.2, 0.25) is 0 Å². The van der Waals surface area contributed by atoms with Gasteiger partial charge >= 0.3 is 0 Å². The van der Waals surface area contributed by atoms with Crippen molar-refractivity contribution < 1.29 is 17.9 Å². The molecule has 0 atom stereocenters. The molecule has 0 spiro atoms. The lowest BCUT2D eigenvalue weighted by Gasteiger charge is -2.12. The number of nitrogens with two attached hydrogens (primary N) is 1. The highest BCUT2D eigenvalue weighted by molar-refractivity contribution is 7.89. The number of unbranched alkanes of at least 4 members (excludes halogenated alkanes) is 2. The van der Waals surface area contributed by atoms with Crippen molar-refractivity contribution in [2.75, 3.05) is 26.5 Å². The Labute approximate surface area is 211 Å². The minimum absolute atomic E-state index is 0.136. The summed E-state index contributed by atoms with van der Waals surface area (Å²) in [6.45, 7) is 3.18. The van der Waals surface area contributed by atoms with Crippen LogP contribution in [0.15, 0.2) is 47.4 Å². The number of aryl methyl sites for hydroxylation is 2. The third-order valence-electron chi connectivity index (χ3n) is 6.21. The van der Waals surface area contributed by atoms with Gasteiger partial charge in [-0.05, 0) is 37.5 Å². The average molecular weight is 512 g/mol. The van der Waals surface area contributed by atoms with Crippen molar-refractivity contribution in [3.8, 4) is 11.5 Å². The van der Waals surface area contributed by atoms with Crippen LogP contribution < -0.4 is 19.9 Å². The van der Waals surface area contributed by atoms with E-state index in [0.717, 1.165) is 53.4 Å². The van der Waals surface area contributed by atoms with Crippen molar-refractivity contribution in [1.29, 1.82) is 0 Å². The van der Waals surface area contributed by atoms with Gasteiger partial charge < -0.3 is 19.8 Å². The number of methoxy groups -OCH3 is 2. The Morgan fingerprint density at radius 1 is 1.00 bits per heavy atom. The van der Waals surface area contributed by atoms with Gasteiger partial charge in [0.15, 0.2) is 17.3 Å². The molecule has 0 aliphatic rings. The minimum Gasteiger partial charge on any atom is -0.493 e. The first-order valence-corrected chi connectivity index (χ1v) is 13.6. The van der Waals surface area contributed by atoms with Crippen LogP contribution in [0, 0.1) is 0 Å². The van der Waals surface area contributed by atoms with E-state index in [1.165, 1.54) is 26.4 Å². The number of fused-ring (bicyclic) bond motifs is 3. The molecule has 0 unspecified atom stereocenters. The molecule has 4 aromatic rings. The number of aromatic nitrogens is 3. The maximum Gasteiger partial charge on any atom is 0.240 e. The number of sulfonamides is 1. The van der Waals surface area contributed by atoms with Gasteiger partial charge in [-0.25, -0.2) is 23.1 Å². The van der Waals surface area contributed by atoms with E-state index < -0.39 is 10.0 Å². The van der Waals surface area contributed by atoms with Gasteiger partial charge in [-0.2, -0.15) is 0 Å². The van der Waals surface area contributed by atoms with Gasteiger partial charge in [0.1, 0.15) is 11.3 Å². The summed E-state index contributed by atoms with van der Waals surface area (Å²) in [6, 6.07) is 12.5. The quantitative estimate of drug-likeness (QED) is 0.272. The Morgan fingerprint density at radius 3 is 2.53 bits per heavy atom. The number of para-hydroxylation sites is 1. The molecule has 0 aliphatic heterocycles. The Hall–Kier alpha value is -3.37. The SMILES string of the molecule is CCCCc1nc2c(N)nc3ccccc3c2n1CCCCNS(=O)(=O)c1ccc(OC)c(OC)c1. The molecule has 0 aliphatic carbocycles. The molecule has 10 heteroatoms. The molecule has 192 valence electrons. The largest absolute Gasteiger partial charge is 0.493 e. The molecule has 0 radical (unpaired) electrons. The first kappa shape index (κ1) is 25.7. The second-order valence-corrected chi connectivity index (χ2v) is 10.4. The minimum atomic E-state index is -3.67. The monoisotopic (exact) mass is 511 g/mol. The molecule has 2 aromatic carbocycles. The lowest BCUT2D eigenvalue weighted by molar-refractivity contribution is 0.354. The highest BCUT2D eigenvalue weighted by Gasteiger charge is 2.18. The zero-order valence-corrected chi connectivity index (χ0v) is 21.8. The summed E-state index contributed by atoms with van der Waals surface area (Å²) >= 11 is 0. The van der Waals surface area contributed by atoms with Gasteiger partial charge in [0.25, 0.3) is 0 Å². The number of nitrogens with zero attached hydrogens (tertiary/aromatic N) is 3. The lowest BCUT2D eigenvalue weighted by Crippen LogP contribution is -2.25. The molecule has 3 N–H and O–H groups in total. The molecule has 0 saturated carbocycles. The van der Waals surface area contributed by atoms with E-state index in [4.69, 9.17) is 20.2 Å². The van der Waals surface area contributed by atoms with E-state index in [0.29, 0.717) is 36.8 Å². The van der Waals surface area contributed by atoms with E-state index in [9.17, 15) is 8.42 Å². The average Bonchev–Trinajstić information content (AvgIpc) is 3.26.